The van der Waals surface area contributed by atoms with E-state index in [2.05, 4.69) is 4.98 Å². The quantitative estimate of drug-likeness (QED) is 0.728. The van der Waals surface area contributed by atoms with Gasteiger partial charge < -0.3 is 4.57 Å². The van der Waals surface area contributed by atoms with E-state index in [1.165, 1.54) is 0 Å². The van der Waals surface area contributed by atoms with Crippen LogP contribution in [0, 0.1) is 6.92 Å². The summed E-state index contributed by atoms with van der Waals surface area (Å²) >= 11 is 6.08. The van der Waals surface area contributed by atoms with Crippen molar-refractivity contribution in [3.05, 3.63) is 29.6 Å². The average Bonchev–Trinajstić information content (AvgIpc) is 2.66. The zero-order valence-electron chi connectivity index (χ0n) is 11.3. The molecule has 1 unspecified atom stereocenters. The molecule has 0 aliphatic rings. The first-order valence-corrected chi connectivity index (χ1v) is 6.89. The summed E-state index contributed by atoms with van der Waals surface area (Å²) in [7, 11) is 0. The van der Waals surface area contributed by atoms with E-state index >= 15 is 0 Å². The fraction of sp³-hybridized carbons (Fsp3) is 0.500. The molecular weight excluding hydrogens is 289 g/mol. The fourth-order valence-corrected chi connectivity index (χ4v) is 2.39. The monoisotopic (exact) mass is 304 g/mol. The molecule has 0 radical (unpaired) electrons. The summed E-state index contributed by atoms with van der Waals surface area (Å²) < 4.78 is 38.6. The van der Waals surface area contributed by atoms with E-state index in [0.29, 0.717) is 5.82 Å². The third-order valence-corrected chi connectivity index (χ3v) is 3.33. The number of nitrogens with zero attached hydrogens (tertiary/aromatic N) is 2. The van der Waals surface area contributed by atoms with Crippen molar-refractivity contribution >= 4 is 22.6 Å². The van der Waals surface area contributed by atoms with Gasteiger partial charge in [0.25, 0.3) is 0 Å². The van der Waals surface area contributed by atoms with Gasteiger partial charge in [-0.1, -0.05) is 6.07 Å². The molecule has 6 heteroatoms. The van der Waals surface area contributed by atoms with Gasteiger partial charge in [0.2, 0.25) is 0 Å². The van der Waals surface area contributed by atoms with Gasteiger partial charge in [0, 0.05) is 13.0 Å². The highest BCUT2D eigenvalue weighted by molar-refractivity contribution is 6.20. The molecular formula is C14H16ClF3N2. The van der Waals surface area contributed by atoms with Gasteiger partial charge in [-0.25, -0.2) is 4.98 Å². The number of fused-ring (bicyclic) bond motifs is 1. The van der Waals surface area contributed by atoms with E-state index in [1.54, 1.807) is 11.5 Å². The fourth-order valence-electron chi connectivity index (χ4n) is 2.23. The summed E-state index contributed by atoms with van der Waals surface area (Å²) in [5, 5.41) is -0.339. The second-order valence-corrected chi connectivity index (χ2v) is 5.60. The number of imidazole rings is 1. The Labute approximate surface area is 120 Å². The second-order valence-electron chi connectivity index (χ2n) is 4.95. The van der Waals surface area contributed by atoms with Crippen LogP contribution in [0.25, 0.3) is 11.0 Å². The minimum Gasteiger partial charge on any atom is -0.327 e. The van der Waals surface area contributed by atoms with Crippen molar-refractivity contribution in [3.8, 4) is 0 Å². The van der Waals surface area contributed by atoms with Crippen LogP contribution in [0.2, 0.25) is 0 Å². The van der Waals surface area contributed by atoms with Gasteiger partial charge in [0.15, 0.2) is 0 Å². The molecule has 0 amide bonds. The SMILES string of the molecule is Cc1ccc2nc(C(C)Cl)n(CCCC(F)(F)F)c2c1. The molecule has 0 N–H and O–H groups in total. The molecule has 0 aliphatic carbocycles. The highest BCUT2D eigenvalue weighted by atomic mass is 35.5. The van der Waals surface area contributed by atoms with E-state index in [4.69, 9.17) is 11.6 Å². The lowest BCUT2D eigenvalue weighted by molar-refractivity contribution is -0.135. The van der Waals surface area contributed by atoms with Gasteiger partial charge in [-0.05, 0) is 38.0 Å². The second kappa shape index (κ2) is 5.64. The molecule has 1 atom stereocenters. The molecule has 0 saturated heterocycles. The maximum Gasteiger partial charge on any atom is 0.389 e. The number of hydrogen-bond acceptors (Lipinski definition) is 1. The minimum absolute atomic E-state index is 0.0273. The molecule has 0 saturated carbocycles. The molecule has 0 aliphatic heterocycles. The topological polar surface area (TPSA) is 17.8 Å². The number of aromatic nitrogens is 2. The summed E-state index contributed by atoms with van der Waals surface area (Å²) in [6.45, 7) is 3.98. The standard InChI is InChI=1S/C14H16ClF3N2/c1-9-4-5-11-12(8-9)20(13(19-11)10(2)15)7-3-6-14(16,17)18/h4-5,8,10H,3,6-7H2,1-2H3. The Morgan fingerprint density at radius 3 is 2.65 bits per heavy atom. The lowest BCUT2D eigenvalue weighted by atomic mass is 10.2. The first-order valence-electron chi connectivity index (χ1n) is 6.45. The molecule has 0 spiro atoms. The third-order valence-electron chi connectivity index (χ3n) is 3.13. The predicted molar refractivity (Wildman–Crippen MR) is 74.0 cm³/mol. The summed E-state index contributed by atoms with van der Waals surface area (Å²) in [5.74, 6) is 0.620. The lowest BCUT2D eigenvalue weighted by Crippen LogP contribution is -2.11. The summed E-state index contributed by atoms with van der Waals surface area (Å²) in [5.41, 5.74) is 2.66. The maximum atomic E-state index is 12.3. The van der Waals surface area contributed by atoms with Gasteiger partial charge in [-0.3, -0.25) is 0 Å². The van der Waals surface area contributed by atoms with E-state index in [0.717, 1.165) is 16.6 Å². The number of rotatable bonds is 4. The number of benzene rings is 1. The van der Waals surface area contributed by atoms with E-state index in [1.807, 2.05) is 25.1 Å². The van der Waals surface area contributed by atoms with Gasteiger partial charge in [-0.2, -0.15) is 13.2 Å². The maximum absolute atomic E-state index is 12.3. The van der Waals surface area contributed by atoms with Crippen LogP contribution < -0.4 is 0 Å². The van der Waals surface area contributed by atoms with Gasteiger partial charge >= 0.3 is 6.18 Å². The Morgan fingerprint density at radius 2 is 2.05 bits per heavy atom. The van der Waals surface area contributed by atoms with Crippen LogP contribution in [0.3, 0.4) is 0 Å². The molecule has 1 aromatic carbocycles. The highest BCUT2D eigenvalue weighted by Crippen LogP contribution is 2.27. The summed E-state index contributed by atoms with van der Waals surface area (Å²) in [6, 6.07) is 5.73. The molecule has 2 nitrogen and oxygen atoms in total. The smallest absolute Gasteiger partial charge is 0.327 e. The zero-order chi connectivity index (χ0) is 14.9. The van der Waals surface area contributed by atoms with Gasteiger partial charge in [0.05, 0.1) is 16.4 Å². The first-order chi connectivity index (χ1) is 9.28. The zero-order valence-corrected chi connectivity index (χ0v) is 12.1. The predicted octanol–water partition coefficient (Wildman–Crippen LogP) is 4.99. The van der Waals surface area contributed by atoms with Crippen LogP contribution in [-0.4, -0.2) is 15.7 Å². The van der Waals surface area contributed by atoms with E-state index in [9.17, 15) is 13.2 Å². The normalized spacial score (nSPS) is 13.9. The molecule has 1 aromatic heterocycles. The average molecular weight is 305 g/mol. The van der Waals surface area contributed by atoms with Crippen LogP contribution in [0.1, 0.15) is 36.5 Å². The molecule has 2 rings (SSSR count). The van der Waals surface area contributed by atoms with E-state index < -0.39 is 12.6 Å². The van der Waals surface area contributed by atoms with Gasteiger partial charge in [0.1, 0.15) is 5.82 Å². The molecule has 2 aromatic rings. The van der Waals surface area contributed by atoms with Crippen LogP contribution in [0.5, 0.6) is 0 Å². The third kappa shape index (κ3) is 3.45. The molecule has 0 bridgehead atoms. The number of aryl methyl sites for hydroxylation is 2. The van der Waals surface area contributed by atoms with E-state index in [-0.39, 0.29) is 18.3 Å². The molecule has 20 heavy (non-hydrogen) atoms. The van der Waals surface area contributed by atoms with Crippen molar-refractivity contribution < 1.29 is 13.2 Å². The molecule has 110 valence electrons. The summed E-state index contributed by atoms with van der Waals surface area (Å²) in [6.07, 6.45) is -4.90. The highest BCUT2D eigenvalue weighted by Gasteiger charge is 2.26. The number of halogens is 4. The number of alkyl halides is 4. The molecule has 1 heterocycles. The molecule has 0 fully saturated rings. The Bertz CT molecular complexity index is 602. The van der Waals surface area contributed by atoms with Crippen molar-refractivity contribution in [2.24, 2.45) is 0 Å². The van der Waals surface area contributed by atoms with Gasteiger partial charge in [-0.15, -0.1) is 11.6 Å². The largest absolute Gasteiger partial charge is 0.389 e. The first kappa shape index (κ1) is 15.2. The Kier molecular flexibility index (Phi) is 4.28. The van der Waals surface area contributed by atoms with Crippen LogP contribution in [0.15, 0.2) is 18.2 Å². The minimum atomic E-state index is -4.13. The van der Waals surface area contributed by atoms with Crippen molar-refractivity contribution in [3.63, 3.8) is 0 Å². The Hall–Kier alpha value is -1.23. The van der Waals surface area contributed by atoms with Crippen molar-refractivity contribution in [2.45, 2.75) is 44.8 Å². The van der Waals surface area contributed by atoms with Crippen LogP contribution in [-0.2, 0) is 6.54 Å². The Morgan fingerprint density at radius 1 is 1.35 bits per heavy atom. The lowest BCUT2D eigenvalue weighted by Gasteiger charge is -2.11. The van der Waals surface area contributed by atoms with Crippen molar-refractivity contribution in [1.82, 2.24) is 9.55 Å². The summed E-state index contributed by atoms with van der Waals surface area (Å²) in [4.78, 5) is 4.42. The van der Waals surface area contributed by atoms with Crippen LogP contribution in [0.4, 0.5) is 13.2 Å². The Balaban J connectivity index is 2.33. The van der Waals surface area contributed by atoms with Crippen molar-refractivity contribution in [1.29, 1.82) is 0 Å². The van der Waals surface area contributed by atoms with Crippen molar-refractivity contribution in [2.75, 3.05) is 0 Å². The number of hydrogen-bond donors (Lipinski definition) is 0. The van der Waals surface area contributed by atoms with Crippen LogP contribution >= 0.6 is 11.6 Å².